The van der Waals surface area contributed by atoms with E-state index in [4.69, 9.17) is 10.1 Å². The van der Waals surface area contributed by atoms with Crippen LogP contribution in [-0.2, 0) is 7.05 Å². The fraction of sp³-hybridized carbons (Fsp3) is 0.238. The third kappa shape index (κ3) is 4.22. The highest BCUT2D eigenvalue weighted by Gasteiger charge is 2.15. The van der Waals surface area contributed by atoms with Crippen LogP contribution in [-0.4, -0.2) is 43.0 Å². The molecule has 0 amide bonds. The Labute approximate surface area is 167 Å². The van der Waals surface area contributed by atoms with E-state index >= 15 is 0 Å². The Morgan fingerprint density at radius 1 is 1.10 bits per heavy atom. The van der Waals surface area contributed by atoms with Crippen LogP contribution in [0.25, 0.3) is 33.5 Å². The summed E-state index contributed by atoms with van der Waals surface area (Å²) in [4.78, 5) is 13.6. The van der Waals surface area contributed by atoms with E-state index in [2.05, 4.69) is 20.4 Å². The Balaban J connectivity index is 1.77. The summed E-state index contributed by atoms with van der Waals surface area (Å²) in [6.07, 6.45) is 5.14. The number of benzene rings is 1. The number of fused-ring (bicyclic) bond motifs is 1. The van der Waals surface area contributed by atoms with Crippen molar-refractivity contribution in [3.05, 3.63) is 54.6 Å². The molecule has 0 aliphatic carbocycles. The smallest absolute Gasteiger partial charge is 0.223 e. The van der Waals surface area contributed by atoms with Gasteiger partial charge in [-0.1, -0.05) is 0 Å². The Morgan fingerprint density at radius 2 is 1.93 bits per heavy atom. The molecule has 0 unspecified atom stereocenters. The molecule has 0 spiro atoms. The Kier molecular flexibility index (Phi) is 5.44. The normalized spacial score (nSPS) is 11.1. The highest BCUT2D eigenvalue weighted by atomic mass is 19.1. The van der Waals surface area contributed by atoms with Crippen molar-refractivity contribution in [3.63, 3.8) is 0 Å². The lowest BCUT2D eigenvalue weighted by atomic mass is 10.0. The van der Waals surface area contributed by atoms with Gasteiger partial charge in [0.15, 0.2) is 5.65 Å². The Morgan fingerprint density at radius 3 is 2.72 bits per heavy atom. The minimum Gasteiger partial charge on any atom is -0.396 e. The Hall–Kier alpha value is -3.39. The number of pyridine rings is 1. The fourth-order valence-corrected chi connectivity index (χ4v) is 3.13. The third-order valence-electron chi connectivity index (χ3n) is 4.53. The number of hydrogen-bond acceptors (Lipinski definition) is 6. The van der Waals surface area contributed by atoms with Gasteiger partial charge in [0.1, 0.15) is 5.82 Å². The minimum atomic E-state index is -0.300. The lowest BCUT2D eigenvalue weighted by molar-refractivity contribution is 0.286. The van der Waals surface area contributed by atoms with Gasteiger partial charge < -0.3 is 10.4 Å². The summed E-state index contributed by atoms with van der Waals surface area (Å²) in [5.74, 6) is 0.211. The number of aryl methyl sites for hydroxylation is 1. The van der Waals surface area contributed by atoms with Gasteiger partial charge in [0.05, 0.1) is 11.4 Å². The number of anilines is 1. The molecule has 2 N–H and O–H groups in total. The number of aliphatic hydroxyl groups excluding tert-OH is 1. The van der Waals surface area contributed by atoms with Crippen molar-refractivity contribution >= 4 is 17.0 Å². The predicted molar refractivity (Wildman–Crippen MR) is 110 cm³/mol. The van der Waals surface area contributed by atoms with Crippen LogP contribution in [0.2, 0.25) is 0 Å². The van der Waals surface area contributed by atoms with Crippen molar-refractivity contribution in [2.45, 2.75) is 12.8 Å². The number of nitrogens with zero attached hydrogens (tertiary/aromatic N) is 5. The van der Waals surface area contributed by atoms with Crippen molar-refractivity contribution in [3.8, 4) is 22.5 Å². The van der Waals surface area contributed by atoms with Crippen LogP contribution in [0.15, 0.2) is 48.8 Å². The number of hydrogen-bond donors (Lipinski definition) is 2. The van der Waals surface area contributed by atoms with Gasteiger partial charge in [-0.05, 0) is 49.2 Å². The van der Waals surface area contributed by atoms with Crippen LogP contribution in [0.1, 0.15) is 12.8 Å². The molecule has 1 aromatic carbocycles. The summed E-state index contributed by atoms with van der Waals surface area (Å²) >= 11 is 0. The molecule has 4 aromatic rings. The zero-order chi connectivity index (χ0) is 20.2. The predicted octanol–water partition coefficient (Wildman–Crippen LogP) is 3.42. The molecule has 0 radical (unpaired) electrons. The molecule has 0 aliphatic rings. The van der Waals surface area contributed by atoms with Gasteiger partial charge in [-0.15, -0.1) is 0 Å². The molecule has 4 rings (SSSR count). The van der Waals surface area contributed by atoms with Gasteiger partial charge in [0.2, 0.25) is 5.95 Å². The zero-order valence-electron chi connectivity index (χ0n) is 16.0. The summed E-state index contributed by atoms with van der Waals surface area (Å²) < 4.78 is 15.1. The van der Waals surface area contributed by atoms with Crippen LogP contribution < -0.4 is 5.32 Å². The summed E-state index contributed by atoms with van der Waals surface area (Å²) in [5, 5.41) is 17.4. The van der Waals surface area contributed by atoms with E-state index in [1.54, 1.807) is 23.0 Å². The number of aliphatic hydroxyl groups is 1. The van der Waals surface area contributed by atoms with Gasteiger partial charge >= 0.3 is 0 Å². The summed E-state index contributed by atoms with van der Waals surface area (Å²) in [6.45, 7) is 0.842. The molecule has 0 saturated heterocycles. The maximum absolute atomic E-state index is 13.4. The van der Waals surface area contributed by atoms with E-state index in [1.165, 1.54) is 12.1 Å². The molecule has 0 bridgehead atoms. The molecule has 7 nitrogen and oxygen atoms in total. The van der Waals surface area contributed by atoms with Crippen molar-refractivity contribution in [2.75, 3.05) is 18.5 Å². The third-order valence-corrected chi connectivity index (χ3v) is 4.53. The van der Waals surface area contributed by atoms with Crippen molar-refractivity contribution in [1.82, 2.24) is 24.7 Å². The second-order valence-electron chi connectivity index (χ2n) is 6.73. The van der Waals surface area contributed by atoms with Gasteiger partial charge in [0, 0.05) is 49.1 Å². The molecule has 8 heteroatoms. The number of rotatable bonds is 7. The molecule has 0 atom stereocenters. The maximum atomic E-state index is 13.4. The highest BCUT2D eigenvalue weighted by Crippen LogP contribution is 2.32. The average molecular weight is 392 g/mol. The van der Waals surface area contributed by atoms with Gasteiger partial charge in [-0.2, -0.15) is 5.10 Å². The molecule has 0 aliphatic heterocycles. The second kappa shape index (κ2) is 8.32. The highest BCUT2D eigenvalue weighted by molar-refractivity contribution is 5.89. The van der Waals surface area contributed by atoms with E-state index in [0.717, 1.165) is 29.4 Å². The van der Waals surface area contributed by atoms with E-state index in [0.29, 0.717) is 29.5 Å². The largest absolute Gasteiger partial charge is 0.396 e. The summed E-state index contributed by atoms with van der Waals surface area (Å²) in [6, 6.07) is 10.0. The standard InChI is InChI=1S/C21H21FN6O/c1-28-13-15-12-17(18-8-10-24-21(25-18)23-9-2-3-11-29)19(26-20(15)27-28)14-4-6-16(22)7-5-14/h4-8,10,12-13,29H,2-3,9,11H2,1H3,(H,23,24,25). The van der Waals surface area contributed by atoms with Crippen LogP contribution in [0.4, 0.5) is 10.3 Å². The van der Waals surface area contributed by atoms with Crippen LogP contribution >= 0.6 is 0 Å². The first-order valence-corrected chi connectivity index (χ1v) is 9.42. The van der Waals surface area contributed by atoms with E-state index in [-0.39, 0.29) is 12.4 Å². The first-order chi connectivity index (χ1) is 14.1. The zero-order valence-corrected chi connectivity index (χ0v) is 16.0. The topological polar surface area (TPSA) is 88.8 Å². The van der Waals surface area contributed by atoms with Gasteiger partial charge in [-0.3, -0.25) is 4.68 Å². The van der Waals surface area contributed by atoms with Gasteiger partial charge in [-0.25, -0.2) is 19.3 Å². The van der Waals surface area contributed by atoms with E-state index in [1.807, 2.05) is 25.4 Å². The lowest BCUT2D eigenvalue weighted by Crippen LogP contribution is -2.06. The molecule has 3 aromatic heterocycles. The number of unbranched alkanes of at least 4 members (excludes halogenated alkanes) is 1. The minimum absolute atomic E-state index is 0.167. The summed E-state index contributed by atoms with van der Waals surface area (Å²) in [7, 11) is 1.85. The van der Waals surface area contributed by atoms with Crippen molar-refractivity contribution < 1.29 is 9.50 Å². The number of halogens is 1. The molecule has 0 saturated carbocycles. The van der Waals surface area contributed by atoms with Crippen molar-refractivity contribution in [1.29, 1.82) is 0 Å². The van der Waals surface area contributed by atoms with Crippen LogP contribution in [0.5, 0.6) is 0 Å². The summed E-state index contributed by atoms with van der Waals surface area (Å²) in [5.41, 5.74) is 3.61. The number of aromatic nitrogens is 5. The van der Waals surface area contributed by atoms with Gasteiger partial charge in [0.25, 0.3) is 0 Å². The fourth-order valence-electron chi connectivity index (χ4n) is 3.13. The van der Waals surface area contributed by atoms with Crippen molar-refractivity contribution in [2.24, 2.45) is 7.05 Å². The molecular formula is C21H21FN6O. The SMILES string of the molecule is Cn1cc2cc(-c3ccnc(NCCCCO)n3)c(-c3ccc(F)cc3)nc2n1. The van der Waals surface area contributed by atoms with E-state index < -0.39 is 0 Å². The molecule has 148 valence electrons. The molecule has 0 fully saturated rings. The first kappa shape index (κ1) is 18.9. The molecular weight excluding hydrogens is 371 g/mol. The Bertz CT molecular complexity index is 1130. The van der Waals surface area contributed by atoms with E-state index in [9.17, 15) is 4.39 Å². The average Bonchev–Trinajstić information content (AvgIpc) is 3.10. The van der Waals surface area contributed by atoms with Crippen LogP contribution in [0.3, 0.4) is 0 Å². The second-order valence-corrected chi connectivity index (χ2v) is 6.73. The number of nitrogens with one attached hydrogen (secondary N) is 1. The lowest BCUT2D eigenvalue weighted by Gasteiger charge is -2.10. The first-order valence-electron chi connectivity index (χ1n) is 9.42. The monoisotopic (exact) mass is 392 g/mol. The quantitative estimate of drug-likeness (QED) is 0.469. The molecule has 3 heterocycles. The van der Waals surface area contributed by atoms with Crippen LogP contribution in [0, 0.1) is 5.82 Å². The molecule has 29 heavy (non-hydrogen) atoms. The maximum Gasteiger partial charge on any atom is 0.223 e.